The van der Waals surface area contributed by atoms with Crippen molar-refractivity contribution in [3.8, 4) is 17.6 Å². The summed E-state index contributed by atoms with van der Waals surface area (Å²) in [4.78, 5) is 77.0. The molecule has 1 heterocycles. The van der Waals surface area contributed by atoms with E-state index in [1.807, 2.05) is 0 Å². The molecule has 0 saturated heterocycles. The molecule has 1 aromatic carbocycles. The average Bonchev–Trinajstić information content (AvgIpc) is 3.51. The zero-order chi connectivity index (χ0) is 41.3. The molecule has 14 nitrogen and oxygen atoms in total. The van der Waals surface area contributed by atoms with E-state index in [0.717, 1.165) is 59.2 Å². The number of amides is 1. The van der Waals surface area contributed by atoms with Crippen LogP contribution in [-0.2, 0) is 51.2 Å². The van der Waals surface area contributed by atoms with Crippen molar-refractivity contribution in [3.63, 3.8) is 0 Å². The van der Waals surface area contributed by atoms with Crippen molar-refractivity contribution in [1.29, 1.82) is 0 Å². The minimum Gasteiger partial charge on any atom is -0.481 e. The predicted molar refractivity (Wildman–Crippen MR) is 205 cm³/mol. The van der Waals surface area contributed by atoms with Crippen LogP contribution in [0.15, 0.2) is 50.0 Å². The molecule has 0 bridgehead atoms. The normalized spacial score (nSPS) is 13.1. The summed E-state index contributed by atoms with van der Waals surface area (Å²) in [5, 5.41) is 14.5. The number of Topliss-reactive ketones (excluding diaryl/α,β-unsaturated/α-hetero) is 1. The van der Waals surface area contributed by atoms with Gasteiger partial charge in [0.15, 0.2) is 23.7 Å². The van der Waals surface area contributed by atoms with Crippen molar-refractivity contribution in [2.45, 2.75) is 129 Å². The van der Waals surface area contributed by atoms with E-state index >= 15 is 0 Å². The van der Waals surface area contributed by atoms with Gasteiger partial charge >= 0.3 is 23.7 Å². The highest BCUT2D eigenvalue weighted by atomic mass is 16.6. The molecule has 56 heavy (non-hydrogen) atoms. The molecule has 3 atom stereocenters. The molecule has 1 amide bonds. The van der Waals surface area contributed by atoms with E-state index in [-0.39, 0.29) is 30.3 Å². The fourth-order valence-corrected chi connectivity index (χ4v) is 5.79. The number of hydrogen-bond donors (Lipinski definition) is 2. The molecule has 308 valence electrons. The molecule has 0 radical (unpaired) electrons. The number of rotatable bonds is 27. The maximum Gasteiger partial charge on any atom is 0.519 e. The van der Waals surface area contributed by atoms with Gasteiger partial charge in [-0.3, -0.25) is 14.4 Å². The lowest BCUT2D eigenvalue weighted by atomic mass is 9.82. The van der Waals surface area contributed by atoms with E-state index in [1.165, 1.54) is 19.4 Å². The summed E-state index contributed by atoms with van der Waals surface area (Å²) in [5.41, 5.74) is -2.22. The van der Waals surface area contributed by atoms with Gasteiger partial charge in [0, 0.05) is 19.3 Å². The summed E-state index contributed by atoms with van der Waals surface area (Å²) in [7, 11) is 2.20. The van der Waals surface area contributed by atoms with Crippen LogP contribution in [-0.4, -0.2) is 67.2 Å². The Labute approximate surface area is 328 Å². The van der Waals surface area contributed by atoms with Crippen LogP contribution in [0.1, 0.15) is 114 Å². The first-order chi connectivity index (χ1) is 26.9. The van der Waals surface area contributed by atoms with Gasteiger partial charge in [-0.1, -0.05) is 75.7 Å². The second-order valence-electron chi connectivity index (χ2n) is 13.4. The van der Waals surface area contributed by atoms with Gasteiger partial charge in [0.1, 0.15) is 24.2 Å². The smallest absolute Gasteiger partial charge is 0.481 e. The Kier molecular flexibility index (Phi) is 21.7. The Bertz CT molecular complexity index is 1690. The molecule has 14 heteroatoms. The van der Waals surface area contributed by atoms with E-state index < -0.39 is 60.2 Å². The first kappa shape index (κ1) is 47.0. The minimum atomic E-state index is -2.84. The van der Waals surface area contributed by atoms with Gasteiger partial charge in [-0.25, -0.2) is 14.4 Å². The summed E-state index contributed by atoms with van der Waals surface area (Å²) < 4.78 is 30.2. The minimum absolute atomic E-state index is 0.0235. The van der Waals surface area contributed by atoms with Gasteiger partial charge in [-0.2, -0.15) is 0 Å². The van der Waals surface area contributed by atoms with Crippen molar-refractivity contribution in [3.05, 3.63) is 64.1 Å². The number of unbranched alkanes of at least 4 members (excludes halogenated alkanes) is 8. The number of ketones is 1. The van der Waals surface area contributed by atoms with Crippen LogP contribution < -0.4 is 15.9 Å². The largest absolute Gasteiger partial charge is 0.519 e. The Morgan fingerprint density at radius 1 is 0.929 bits per heavy atom. The molecule has 1 aromatic heterocycles. The highest BCUT2D eigenvalue weighted by Crippen LogP contribution is 2.28. The number of aryl methyl sites for hydroxylation is 1. The van der Waals surface area contributed by atoms with E-state index in [2.05, 4.69) is 24.1 Å². The third-order valence-corrected chi connectivity index (χ3v) is 9.08. The molecule has 2 aromatic rings. The van der Waals surface area contributed by atoms with Crippen LogP contribution in [0.5, 0.6) is 5.75 Å². The van der Waals surface area contributed by atoms with E-state index in [9.17, 15) is 33.9 Å². The molecule has 2 rings (SSSR count). The number of benzene rings is 1. The molecule has 0 saturated carbocycles. The van der Waals surface area contributed by atoms with Crippen LogP contribution in [0.4, 0.5) is 0 Å². The molecule has 2 N–H and O–H groups in total. The van der Waals surface area contributed by atoms with Crippen LogP contribution in [0.3, 0.4) is 0 Å². The number of carbonyl (C=O) groups is 5. The fraction of sp³-hybridized carbons (Fsp3) is 0.571. The van der Waals surface area contributed by atoms with Gasteiger partial charge in [0.05, 0.1) is 26.6 Å². The SMILES string of the molecule is CC#CCOc1ccc(C[C@H](NC(=O)[C@@H](/C=C/CCCCCCC(=O)CCCCCCC)[C@@](O)(CC(=O)OC)C(=O)OCc2oc(=O)oc2C)C(=O)OC)cc1. The molecule has 0 aliphatic carbocycles. The zero-order valence-electron chi connectivity index (χ0n) is 33.3. The molecule has 0 spiro atoms. The molecular weight excluding hydrogens is 726 g/mol. The quantitative estimate of drug-likeness (QED) is 0.0372. The second kappa shape index (κ2) is 25.8. The summed E-state index contributed by atoms with van der Waals surface area (Å²) >= 11 is 0. The Hall–Kier alpha value is -5.16. The predicted octanol–water partition coefficient (Wildman–Crippen LogP) is 5.62. The third-order valence-electron chi connectivity index (χ3n) is 9.08. The average molecular weight is 784 g/mol. The molecular formula is C42H57NO13. The number of hydrogen-bond acceptors (Lipinski definition) is 13. The first-order valence-corrected chi connectivity index (χ1v) is 19.1. The monoisotopic (exact) mass is 783 g/mol. The number of carbonyl (C=O) groups excluding carboxylic acids is 5. The maximum absolute atomic E-state index is 14.1. The highest BCUT2D eigenvalue weighted by Gasteiger charge is 2.50. The Morgan fingerprint density at radius 2 is 1.59 bits per heavy atom. The number of ether oxygens (including phenoxy) is 4. The summed E-state index contributed by atoms with van der Waals surface area (Å²) in [6.45, 7) is 4.78. The van der Waals surface area contributed by atoms with E-state index in [1.54, 1.807) is 37.3 Å². The third kappa shape index (κ3) is 16.7. The van der Waals surface area contributed by atoms with Gasteiger partial charge in [-0.15, -0.1) is 5.92 Å². The lowest BCUT2D eigenvalue weighted by molar-refractivity contribution is -0.180. The van der Waals surface area contributed by atoms with Gasteiger partial charge < -0.3 is 38.2 Å². The maximum atomic E-state index is 14.1. The lowest BCUT2D eigenvalue weighted by Gasteiger charge is -2.31. The standard InChI is InChI=1S/C42H57NO13/c1-6-8-10-13-16-19-32(44)20-17-14-11-12-15-18-21-34(42(50,28-37(45)51-4)40(48)54-29-36-30(3)55-41(49)56-36)38(46)43-35(39(47)52-5)27-31-22-24-33(25-23-31)53-26-9-7-2/h18,21-25,34-35,50H,6,8,10-17,19-20,26-29H2,1-5H3,(H,43,46)/b21-18+/t34-,35+,42+/m1/s1. The topological polar surface area (TPSA) is 198 Å². The van der Waals surface area contributed by atoms with E-state index in [0.29, 0.717) is 37.0 Å². The van der Waals surface area contributed by atoms with Crippen molar-refractivity contribution < 1.29 is 56.9 Å². The number of allylic oxidation sites excluding steroid dienone is 1. The first-order valence-electron chi connectivity index (χ1n) is 19.1. The van der Waals surface area contributed by atoms with Crippen LogP contribution >= 0.6 is 0 Å². The number of methoxy groups -OCH3 is 2. The number of nitrogens with one attached hydrogen (secondary N) is 1. The van der Waals surface area contributed by atoms with Crippen LogP contribution in [0, 0.1) is 24.7 Å². The van der Waals surface area contributed by atoms with E-state index in [4.69, 9.17) is 27.8 Å². The molecule has 0 unspecified atom stereocenters. The van der Waals surface area contributed by atoms with Gasteiger partial charge in [-0.05, 0) is 57.2 Å². The van der Waals surface area contributed by atoms with Crippen molar-refractivity contribution >= 4 is 29.6 Å². The number of aliphatic hydroxyl groups is 1. The molecule has 0 fully saturated rings. The zero-order valence-corrected chi connectivity index (χ0v) is 33.3. The van der Waals surface area contributed by atoms with Gasteiger partial charge in [0.2, 0.25) is 5.91 Å². The fourth-order valence-electron chi connectivity index (χ4n) is 5.79. The van der Waals surface area contributed by atoms with Crippen LogP contribution in [0.2, 0.25) is 0 Å². The van der Waals surface area contributed by atoms with Crippen molar-refractivity contribution in [2.24, 2.45) is 5.92 Å². The van der Waals surface area contributed by atoms with Crippen molar-refractivity contribution in [2.75, 3.05) is 20.8 Å². The summed E-state index contributed by atoms with van der Waals surface area (Å²) in [6.07, 6.45) is 11.9. The Balaban J connectivity index is 2.27. The van der Waals surface area contributed by atoms with Crippen molar-refractivity contribution in [1.82, 2.24) is 5.32 Å². The Morgan fingerprint density at radius 3 is 2.18 bits per heavy atom. The van der Waals surface area contributed by atoms with Gasteiger partial charge in [0.25, 0.3) is 0 Å². The summed E-state index contributed by atoms with van der Waals surface area (Å²) in [5.74, 6) is -0.819. The molecule has 0 aliphatic heterocycles. The number of esters is 3. The van der Waals surface area contributed by atoms with Crippen LogP contribution in [0.25, 0.3) is 0 Å². The lowest BCUT2D eigenvalue weighted by Crippen LogP contribution is -2.56. The highest BCUT2D eigenvalue weighted by molar-refractivity contribution is 5.95. The summed E-state index contributed by atoms with van der Waals surface area (Å²) in [6, 6.07) is 5.47. The second-order valence-corrected chi connectivity index (χ2v) is 13.4. The molecule has 0 aliphatic rings.